The van der Waals surface area contributed by atoms with E-state index in [1.54, 1.807) is 37.4 Å². The Balaban J connectivity index is 1.60. The second-order valence-corrected chi connectivity index (χ2v) is 8.46. The van der Waals surface area contributed by atoms with Gasteiger partial charge in [0, 0.05) is 15.6 Å². The predicted molar refractivity (Wildman–Crippen MR) is 134 cm³/mol. The fourth-order valence-corrected chi connectivity index (χ4v) is 3.86. The number of amides is 1. The molecular weight excluding hydrogens is 566 g/mol. The van der Waals surface area contributed by atoms with E-state index in [-0.39, 0.29) is 19.1 Å². The van der Waals surface area contributed by atoms with Crippen molar-refractivity contribution in [1.29, 1.82) is 0 Å². The molecule has 0 radical (unpaired) electrons. The van der Waals surface area contributed by atoms with Crippen LogP contribution in [0.5, 0.6) is 17.2 Å². The highest BCUT2D eigenvalue weighted by molar-refractivity contribution is 14.1. The molecule has 3 aromatic rings. The van der Waals surface area contributed by atoms with Crippen LogP contribution in [0, 0.1) is 3.57 Å². The van der Waals surface area contributed by atoms with E-state index in [0.29, 0.717) is 27.3 Å². The van der Waals surface area contributed by atoms with Crippen LogP contribution < -0.4 is 19.6 Å². The van der Waals surface area contributed by atoms with Gasteiger partial charge in [-0.05, 0) is 64.6 Å². The number of hydrogen-bond donors (Lipinski definition) is 1. The molecule has 0 fully saturated rings. The van der Waals surface area contributed by atoms with Crippen molar-refractivity contribution < 1.29 is 19.0 Å². The summed E-state index contributed by atoms with van der Waals surface area (Å²) in [5.74, 6) is 1.35. The van der Waals surface area contributed by atoms with E-state index in [0.717, 1.165) is 14.7 Å². The summed E-state index contributed by atoms with van der Waals surface area (Å²) in [5, 5.41) is 5.07. The summed E-state index contributed by atoms with van der Waals surface area (Å²) in [4.78, 5) is 11.9. The molecule has 0 aliphatic heterocycles. The molecule has 0 saturated carbocycles. The maximum atomic E-state index is 11.9. The molecule has 1 amide bonds. The number of benzene rings is 3. The molecule has 1 N–H and O–H groups in total. The molecule has 0 spiro atoms. The van der Waals surface area contributed by atoms with Gasteiger partial charge in [-0.2, -0.15) is 5.10 Å². The van der Waals surface area contributed by atoms with Crippen LogP contribution in [0.25, 0.3) is 0 Å². The number of hydrogen-bond acceptors (Lipinski definition) is 5. The number of nitrogens with zero attached hydrogens (tertiary/aromatic N) is 1. The van der Waals surface area contributed by atoms with Crippen molar-refractivity contribution in [3.63, 3.8) is 0 Å². The van der Waals surface area contributed by atoms with Crippen molar-refractivity contribution in [2.45, 2.75) is 6.61 Å². The average molecular weight is 585 g/mol. The second-order valence-electron chi connectivity index (χ2n) is 6.45. The lowest BCUT2D eigenvalue weighted by atomic mass is 10.2. The number of carbonyl (C=O) groups is 1. The number of ether oxygens (including phenoxy) is 3. The van der Waals surface area contributed by atoms with Gasteiger partial charge in [0.15, 0.2) is 18.1 Å². The minimum atomic E-state index is -0.369. The molecule has 0 aromatic heterocycles. The molecule has 0 bridgehead atoms. The Kier molecular flexibility index (Phi) is 9.01. The molecule has 0 heterocycles. The van der Waals surface area contributed by atoms with Gasteiger partial charge >= 0.3 is 0 Å². The highest BCUT2D eigenvalue weighted by Crippen LogP contribution is 2.34. The van der Waals surface area contributed by atoms with E-state index in [4.69, 9.17) is 37.4 Å². The zero-order valence-corrected chi connectivity index (χ0v) is 20.6. The highest BCUT2D eigenvalue weighted by Gasteiger charge is 2.13. The predicted octanol–water partition coefficient (Wildman–Crippen LogP) is 5.71. The summed E-state index contributed by atoms with van der Waals surface area (Å²) in [7, 11) is 1.55. The first kappa shape index (κ1) is 24.2. The molecule has 6 nitrogen and oxygen atoms in total. The average Bonchev–Trinajstić information content (AvgIpc) is 2.78. The fourth-order valence-electron chi connectivity index (χ4n) is 2.62. The molecule has 0 atom stereocenters. The summed E-state index contributed by atoms with van der Waals surface area (Å²) in [6.07, 6.45) is 1.52. The summed E-state index contributed by atoms with van der Waals surface area (Å²) < 4.78 is 17.6. The first-order valence-corrected chi connectivity index (χ1v) is 11.2. The van der Waals surface area contributed by atoms with Crippen molar-refractivity contribution in [3.05, 3.63) is 85.4 Å². The summed E-state index contributed by atoms with van der Waals surface area (Å²) in [6.45, 7) is 0.121. The van der Waals surface area contributed by atoms with E-state index < -0.39 is 0 Å². The maximum Gasteiger partial charge on any atom is 0.277 e. The Morgan fingerprint density at radius 2 is 1.88 bits per heavy atom. The first-order chi connectivity index (χ1) is 15.5. The normalized spacial score (nSPS) is 10.8. The minimum Gasteiger partial charge on any atom is -0.493 e. The zero-order valence-electron chi connectivity index (χ0n) is 17.0. The Morgan fingerprint density at radius 1 is 1.09 bits per heavy atom. The van der Waals surface area contributed by atoms with Crippen LogP contribution in [0.3, 0.4) is 0 Å². The number of rotatable bonds is 9. The summed E-state index contributed by atoms with van der Waals surface area (Å²) in [5.41, 5.74) is 3.97. The lowest BCUT2D eigenvalue weighted by Gasteiger charge is -2.14. The smallest absolute Gasteiger partial charge is 0.277 e. The summed E-state index contributed by atoms with van der Waals surface area (Å²) >= 11 is 14.3. The van der Waals surface area contributed by atoms with Crippen molar-refractivity contribution in [2.24, 2.45) is 5.10 Å². The van der Waals surface area contributed by atoms with Crippen LogP contribution in [0.1, 0.15) is 11.1 Å². The maximum absolute atomic E-state index is 11.9. The molecule has 0 unspecified atom stereocenters. The van der Waals surface area contributed by atoms with Crippen LogP contribution in [0.15, 0.2) is 65.8 Å². The third-order valence-electron chi connectivity index (χ3n) is 4.15. The van der Waals surface area contributed by atoms with E-state index in [2.05, 4.69) is 33.1 Å². The number of nitrogens with one attached hydrogen (secondary N) is 1. The third kappa shape index (κ3) is 7.01. The van der Waals surface area contributed by atoms with Crippen LogP contribution in [0.2, 0.25) is 10.0 Å². The van der Waals surface area contributed by atoms with E-state index in [9.17, 15) is 4.79 Å². The number of para-hydroxylation sites is 1. The Bertz CT molecular complexity index is 1110. The SMILES string of the molecule is COc1cc(/C=N\NC(=O)COc2ccccc2)cc(I)c1OCc1ccc(Cl)cc1Cl. The van der Waals surface area contributed by atoms with Crippen molar-refractivity contribution in [1.82, 2.24) is 5.43 Å². The molecule has 3 rings (SSSR count). The highest BCUT2D eigenvalue weighted by atomic mass is 127. The van der Waals surface area contributed by atoms with Gasteiger partial charge in [-0.15, -0.1) is 0 Å². The van der Waals surface area contributed by atoms with Crippen molar-refractivity contribution in [3.8, 4) is 17.2 Å². The van der Waals surface area contributed by atoms with E-state index in [1.165, 1.54) is 6.21 Å². The topological polar surface area (TPSA) is 69.2 Å². The number of methoxy groups -OCH3 is 1. The second kappa shape index (κ2) is 11.9. The number of hydrazone groups is 1. The van der Waals surface area contributed by atoms with Gasteiger partial charge in [0.05, 0.1) is 16.9 Å². The zero-order chi connectivity index (χ0) is 22.9. The molecule has 9 heteroatoms. The Labute approximate surface area is 209 Å². The molecule has 32 heavy (non-hydrogen) atoms. The van der Waals surface area contributed by atoms with Gasteiger partial charge in [0.2, 0.25) is 0 Å². The first-order valence-electron chi connectivity index (χ1n) is 9.40. The molecule has 0 aliphatic carbocycles. The Morgan fingerprint density at radius 3 is 2.59 bits per heavy atom. The van der Waals surface area contributed by atoms with Crippen molar-refractivity contribution in [2.75, 3.05) is 13.7 Å². The standard InChI is InChI=1S/C23H19Cl2IN2O4/c1-30-21-10-15(12-27-28-22(29)14-31-18-5-3-2-4-6-18)9-20(26)23(21)32-13-16-7-8-17(24)11-19(16)25/h2-12H,13-14H2,1H3,(H,28,29)/b27-12-. The van der Waals surface area contributed by atoms with Crippen LogP contribution in [-0.4, -0.2) is 25.8 Å². The van der Waals surface area contributed by atoms with E-state index >= 15 is 0 Å². The lowest BCUT2D eigenvalue weighted by Crippen LogP contribution is -2.24. The van der Waals surface area contributed by atoms with Gasteiger partial charge in [-0.25, -0.2) is 5.43 Å². The van der Waals surface area contributed by atoms with Crippen LogP contribution >= 0.6 is 45.8 Å². The van der Waals surface area contributed by atoms with Gasteiger partial charge in [0.25, 0.3) is 5.91 Å². The van der Waals surface area contributed by atoms with Gasteiger partial charge in [0.1, 0.15) is 12.4 Å². The molecule has 166 valence electrons. The quantitative estimate of drug-likeness (QED) is 0.199. The monoisotopic (exact) mass is 584 g/mol. The third-order valence-corrected chi connectivity index (χ3v) is 5.54. The van der Waals surface area contributed by atoms with Gasteiger partial charge < -0.3 is 14.2 Å². The largest absolute Gasteiger partial charge is 0.493 e. The minimum absolute atomic E-state index is 0.137. The summed E-state index contributed by atoms with van der Waals surface area (Å²) in [6, 6.07) is 17.9. The van der Waals surface area contributed by atoms with Crippen LogP contribution in [-0.2, 0) is 11.4 Å². The van der Waals surface area contributed by atoms with E-state index in [1.807, 2.05) is 30.3 Å². The molecular formula is C23H19Cl2IN2O4. The lowest BCUT2D eigenvalue weighted by molar-refractivity contribution is -0.123. The number of carbonyl (C=O) groups excluding carboxylic acids is 1. The Hall–Kier alpha value is -2.49. The molecule has 3 aromatic carbocycles. The molecule has 0 saturated heterocycles. The van der Waals surface area contributed by atoms with Gasteiger partial charge in [-0.3, -0.25) is 4.79 Å². The number of halogens is 3. The fraction of sp³-hybridized carbons (Fsp3) is 0.130. The van der Waals surface area contributed by atoms with Gasteiger partial charge in [-0.1, -0.05) is 47.5 Å². The molecule has 0 aliphatic rings. The van der Waals surface area contributed by atoms with Crippen molar-refractivity contribution >= 4 is 57.9 Å². The van der Waals surface area contributed by atoms with Crippen LogP contribution in [0.4, 0.5) is 0 Å².